The molecule has 8 heteroatoms. The Kier molecular flexibility index (Phi) is 6.25. The summed E-state index contributed by atoms with van der Waals surface area (Å²) in [7, 11) is 0. The van der Waals surface area contributed by atoms with Gasteiger partial charge < -0.3 is 15.6 Å². The molecular formula is C27H23ClN4O3. The first kappa shape index (κ1) is 22.7. The summed E-state index contributed by atoms with van der Waals surface area (Å²) in [6, 6.07) is 22.7. The van der Waals surface area contributed by atoms with E-state index < -0.39 is 29.9 Å². The van der Waals surface area contributed by atoms with Crippen molar-refractivity contribution in [2.45, 2.75) is 18.5 Å². The molecule has 0 radical (unpaired) electrons. The minimum absolute atomic E-state index is 0.337. The Morgan fingerprint density at radius 1 is 0.943 bits per heavy atom. The molecule has 0 bridgehead atoms. The number of nitrogens with zero attached hydrogens (tertiary/aromatic N) is 1. The second-order valence-corrected chi connectivity index (χ2v) is 8.89. The van der Waals surface area contributed by atoms with Crippen molar-refractivity contribution >= 4 is 40.3 Å². The van der Waals surface area contributed by atoms with Gasteiger partial charge in [-0.1, -0.05) is 72.3 Å². The van der Waals surface area contributed by atoms with Crippen molar-refractivity contribution in [3.63, 3.8) is 0 Å². The molecule has 5 rings (SSSR count). The number of carbonyl (C=O) groups is 3. The molecule has 0 aliphatic carbocycles. The molecule has 176 valence electrons. The van der Waals surface area contributed by atoms with Crippen LogP contribution in [-0.2, 0) is 16.0 Å². The number of amides is 4. The molecule has 3 aromatic carbocycles. The van der Waals surface area contributed by atoms with Gasteiger partial charge in [-0.2, -0.15) is 0 Å². The number of H-pyrrole nitrogens is 1. The second-order valence-electron chi connectivity index (χ2n) is 8.45. The molecule has 3 N–H and O–H groups in total. The Labute approximate surface area is 207 Å². The number of imide groups is 1. The van der Waals surface area contributed by atoms with Crippen molar-refractivity contribution in [3.05, 3.63) is 107 Å². The first-order valence-electron chi connectivity index (χ1n) is 11.3. The maximum Gasteiger partial charge on any atom is 0.325 e. The number of para-hydroxylation sites is 1. The predicted molar refractivity (Wildman–Crippen MR) is 134 cm³/mol. The van der Waals surface area contributed by atoms with E-state index in [1.807, 2.05) is 72.9 Å². The number of nitrogens with one attached hydrogen (secondary N) is 3. The number of rotatable bonds is 7. The topological polar surface area (TPSA) is 94.3 Å². The van der Waals surface area contributed by atoms with Crippen molar-refractivity contribution in [1.82, 2.24) is 20.5 Å². The normalized spacial score (nSPS) is 16.4. The Morgan fingerprint density at radius 2 is 1.63 bits per heavy atom. The van der Waals surface area contributed by atoms with E-state index in [9.17, 15) is 14.4 Å². The molecule has 2 heterocycles. The van der Waals surface area contributed by atoms with Crippen LogP contribution >= 0.6 is 11.6 Å². The summed E-state index contributed by atoms with van der Waals surface area (Å²) in [5.74, 6) is -0.858. The Hall–Kier alpha value is -4.10. The van der Waals surface area contributed by atoms with Crippen LogP contribution < -0.4 is 10.6 Å². The summed E-state index contributed by atoms with van der Waals surface area (Å²) >= 11 is 6.03. The lowest BCUT2D eigenvalue weighted by Gasteiger charge is -2.21. The lowest BCUT2D eigenvalue weighted by atomic mass is 9.98. The maximum atomic E-state index is 13.0. The minimum atomic E-state index is -0.726. The number of benzene rings is 3. The minimum Gasteiger partial charge on any atom is -0.361 e. The summed E-state index contributed by atoms with van der Waals surface area (Å²) in [6.45, 7) is -0.369. The van der Waals surface area contributed by atoms with Gasteiger partial charge in [0.15, 0.2) is 0 Å². The standard InChI is InChI=1S/C27H23ClN4O3/c28-20-12-10-18(11-13-20)25(17-6-2-1-3-7-17)31-24(33)16-32-26(34)23(30-27(32)35)14-19-15-29-22-9-5-4-8-21(19)22/h1-13,15,23,25,29H,14,16H2,(H,30,35)(H,31,33)/t23-,25-/m0/s1. The van der Waals surface area contributed by atoms with Gasteiger partial charge in [-0.3, -0.25) is 14.5 Å². The summed E-state index contributed by atoms with van der Waals surface area (Å²) in [4.78, 5) is 42.7. The molecule has 4 amide bonds. The molecule has 1 saturated heterocycles. The molecular weight excluding hydrogens is 464 g/mol. The van der Waals surface area contributed by atoms with Crippen LogP contribution in [0.5, 0.6) is 0 Å². The molecule has 7 nitrogen and oxygen atoms in total. The number of urea groups is 1. The molecule has 4 aromatic rings. The van der Waals surface area contributed by atoms with Gasteiger partial charge in [-0.05, 0) is 34.9 Å². The van der Waals surface area contributed by atoms with Gasteiger partial charge in [-0.25, -0.2) is 4.79 Å². The number of halogens is 1. The number of fused-ring (bicyclic) bond motifs is 1. The molecule has 0 unspecified atom stereocenters. The average Bonchev–Trinajstić information content (AvgIpc) is 3.40. The van der Waals surface area contributed by atoms with Crippen LogP contribution in [-0.4, -0.2) is 40.3 Å². The summed E-state index contributed by atoms with van der Waals surface area (Å²) in [5, 5.41) is 7.26. The first-order chi connectivity index (χ1) is 17.0. The molecule has 0 spiro atoms. The molecule has 1 fully saturated rings. The zero-order valence-electron chi connectivity index (χ0n) is 18.7. The first-order valence-corrected chi connectivity index (χ1v) is 11.6. The van der Waals surface area contributed by atoms with Crippen LogP contribution in [0.25, 0.3) is 10.9 Å². The van der Waals surface area contributed by atoms with Crippen LogP contribution in [0.4, 0.5) is 4.79 Å². The lowest BCUT2D eigenvalue weighted by Crippen LogP contribution is -2.42. The molecule has 35 heavy (non-hydrogen) atoms. The zero-order valence-corrected chi connectivity index (χ0v) is 19.5. The SMILES string of the molecule is O=C(CN1C(=O)N[C@@H](Cc2c[nH]c3ccccc23)C1=O)N[C@@H](c1ccccc1)c1ccc(Cl)cc1. The third kappa shape index (κ3) is 4.76. The van der Waals surface area contributed by atoms with E-state index in [0.717, 1.165) is 32.5 Å². The molecule has 1 aliphatic heterocycles. The third-order valence-corrected chi connectivity index (χ3v) is 6.40. The number of aromatic amines is 1. The van der Waals surface area contributed by atoms with Crippen molar-refractivity contribution in [3.8, 4) is 0 Å². The fourth-order valence-electron chi connectivity index (χ4n) is 4.40. The lowest BCUT2D eigenvalue weighted by molar-refractivity contribution is -0.132. The number of carbonyl (C=O) groups excluding carboxylic acids is 3. The highest BCUT2D eigenvalue weighted by Crippen LogP contribution is 2.24. The number of hydrogen-bond donors (Lipinski definition) is 3. The third-order valence-electron chi connectivity index (χ3n) is 6.15. The highest BCUT2D eigenvalue weighted by Gasteiger charge is 2.39. The van der Waals surface area contributed by atoms with E-state index in [0.29, 0.717) is 11.4 Å². The van der Waals surface area contributed by atoms with E-state index >= 15 is 0 Å². The number of hydrogen-bond acceptors (Lipinski definition) is 3. The zero-order chi connectivity index (χ0) is 24.4. The van der Waals surface area contributed by atoms with Gasteiger partial charge in [0, 0.05) is 28.5 Å². The number of aromatic nitrogens is 1. The highest BCUT2D eigenvalue weighted by atomic mass is 35.5. The predicted octanol–water partition coefficient (Wildman–Crippen LogP) is 4.19. The summed E-state index contributed by atoms with van der Waals surface area (Å²) in [5.41, 5.74) is 3.60. The van der Waals surface area contributed by atoms with E-state index in [1.54, 1.807) is 12.1 Å². The van der Waals surface area contributed by atoms with Gasteiger partial charge in [-0.15, -0.1) is 0 Å². The van der Waals surface area contributed by atoms with Gasteiger partial charge in [0.1, 0.15) is 12.6 Å². The Morgan fingerprint density at radius 3 is 2.40 bits per heavy atom. The monoisotopic (exact) mass is 486 g/mol. The van der Waals surface area contributed by atoms with Gasteiger partial charge in [0.25, 0.3) is 5.91 Å². The van der Waals surface area contributed by atoms with Crippen LogP contribution in [0, 0.1) is 0 Å². The molecule has 1 aliphatic rings. The summed E-state index contributed by atoms with van der Waals surface area (Å²) < 4.78 is 0. The molecule has 2 atom stereocenters. The fourth-order valence-corrected chi connectivity index (χ4v) is 4.52. The van der Waals surface area contributed by atoms with Gasteiger partial charge in [0.05, 0.1) is 6.04 Å². The largest absolute Gasteiger partial charge is 0.361 e. The average molecular weight is 487 g/mol. The Balaban J connectivity index is 1.29. The van der Waals surface area contributed by atoms with Crippen LogP contribution in [0.2, 0.25) is 5.02 Å². The van der Waals surface area contributed by atoms with Crippen molar-refractivity contribution in [2.24, 2.45) is 0 Å². The van der Waals surface area contributed by atoms with Crippen LogP contribution in [0.1, 0.15) is 22.7 Å². The second kappa shape index (κ2) is 9.64. The van der Waals surface area contributed by atoms with Crippen LogP contribution in [0.15, 0.2) is 85.1 Å². The highest BCUT2D eigenvalue weighted by molar-refractivity contribution is 6.30. The summed E-state index contributed by atoms with van der Waals surface area (Å²) in [6.07, 6.45) is 2.18. The van der Waals surface area contributed by atoms with E-state index in [2.05, 4.69) is 15.6 Å². The van der Waals surface area contributed by atoms with E-state index in [4.69, 9.17) is 11.6 Å². The van der Waals surface area contributed by atoms with Crippen molar-refractivity contribution < 1.29 is 14.4 Å². The fraction of sp³-hybridized carbons (Fsp3) is 0.148. The molecule has 1 aromatic heterocycles. The smallest absolute Gasteiger partial charge is 0.325 e. The molecule has 0 saturated carbocycles. The van der Waals surface area contributed by atoms with Gasteiger partial charge in [0.2, 0.25) is 5.91 Å². The quantitative estimate of drug-likeness (QED) is 0.342. The van der Waals surface area contributed by atoms with Crippen molar-refractivity contribution in [1.29, 1.82) is 0 Å². The van der Waals surface area contributed by atoms with E-state index in [1.165, 1.54) is 0 Å². The maximum absolute atomic E-state index is 13.0. The van der Waals surface area contributed by atoms with E-state index in [-0.39, 0.29) is 6.54 Å². The van der Waals surface area contributed by atoms with Crippen molar-refractivity contribution in [2.75, 3.05) is 6.54 Å². The van der Waals surface area contributed by atoms with Crippen LogP contribution in [0.3, 0.4) is 0 Å². The Bertz CT molecular complexity index is 1380. The van der Waals surface area contributed by atoms with Gasteiger partial charge >= 0.3 is 6.03 Å².